The first kappa shape index (κ1) is 28.2. The minimum Gasteiger partial charge on any atom is -0.458 e. The van der Waals surface area contributed by atoms with E-state index in [0.29, 0.717) is 11.5 Å². The Kier molecular flexibility index (Phi) is 6.77. The van der Waals surface area contributed by atoms with Crippen molar-refractivity contribution >= 4 is 45.8 Å². The molecule has 1 aliphatic rings. The second kappa shape index (κ2) is 13.0. The Morgan fingerprint density at radius 1 is 0.796 bits per heavy atom. The number of nitrogens with zero attached hydrogens (tertiary/aromatic N) is 5. The molecule has 4 heterocycles. The van der Waals surface area contributed by atoms with E-state index in [-0.39, 0.29) is 30.0 Å². The highest BCUT2D eigenvalue weighted by atomic mass is 16.5. The third-order valence-corrected chi connectivity index (χ3v) is 10.4. The average Bonchev–Trinajstić information content (AvgIpc) is 3.76. The van der Waals surface area contributed by atoms with Gasteiger partial charge in [0.25, 0.3) is 6.33 Å². The van der Waals surface area contributed by atoms with Gasteiger partial charge in [-0.25, -0.2) is 4.98 Å². The van der Waals surface area contributed by atoms with E-state index in [9.17, 15) is 0 Å². The van der Waals surface area contributed by atoms with Crippen LogP contribution in [-0.4, -0.2) is 32.8 Å². The Balaban J connectivity index is 1.19. The zero-order valence-corrected chi connectivity index (χ0v) is 31.2. The van der Waals surface area contributed by atoms with Crippen LogP contribution in [0.1, 0.15) is 50.0 Å². The fraction of sp³-hybridized carbons (Fsp3) is 0.149. The molecule has 0 saturated heterocycles. The molecule has 9 rings (SSSR count). The van der Waals surface area contributed by atoms with Gasteiger partial charge in [-0.15, -0.1) is 0 Å². The summed E-state index contributed by atoms with van der Waals surface area (Å²) < 4.78 is 55.7. The highest BCUT2D eigenvalue weighted by Crippen LogP contribution is 2.36. The molecule has 264 valence electrons. The Labute approximate surface area is 324 Å². The predicted octanol–water partition coefficient (Wildman–Crippen LogP) is 8.77. The smallest absolute Gasteiger partial charge is 0.320 e. The molecule has 0 amide bonds. The summed E-state index contributed by atoms with van der Waals surface area (Å²) in [6, 6.07) is 30.7. The van der Waals surface area contributed by atoms with Gasteiger partial charge < -0.3 is 9.55 Å². The van der Waals surface area contributed by atoms with Gasteiger partial charge in [0.1, 0.15) is 17.3 Å². The van der Waals surface area contributed by atoms with Crippen molar-refractivity contribution in [2.75, 3.05) is 7.05 Å². The number of ether oxygens (including phenoxy) is 1. The minimum atomic E-state index is -0.445. The quantitative estimate of drug-likeness (QED) is 0.0986. The molecular formula is C47H42BN5O. The largest absolute Gasteiger partial charge is 0.458 e. The van der Waals surface area contributed by atoms with E-state index < -0.39 is 18.1 Å². The monoisotopic (exact) mass is 708 g/mol. The summed E-state index contributed by atoms with van der Waals surface area (Å²) in [5, 5.41) is 2.21. The summed E-state index contributed by atoms with van der Waals surface area (Å²) >= 11 is 0. The Bertz CT molecular complexity index is 2990. The Morgan fingerprint density at radius 3 is 2.33 bits per heavy atom. The SMILES string of the molecule is [2H]c1c([2H])c([2H])c(-[n+]2[c-]n(-c3cccc(Oc4ccc5c6ccccc6n(-c6cc(C(C)(C)C)ccn6)c5c4)c3)c3c2B(c2c(C)cccc2C)N(C)C=C3)c([2H])c1[2H]. The number of benzene rings is 5. The molecule has 8 aromatic rings. The fourth-order valence-corrected chi connectivity index (χ4v) is 7.74. The van der Waals surface area contributed by atoms with Gasteiger partial charge >= 0.3 is 6.85 Å². The second-order valence-corrected chi connectivity index (χ2v) is 15.0. The normalized spacial score (nSPS) is 14.1. The standard InChI is InChI=1S/C47H42BN5O/c1-32-14-12-15-33(2)45(32)48-46-42(25-27-50(48)6)51(31-52(46)35-16-8-7-9-17-35)36-18-13-19-37(29-36)54-38-22-23-40-39-20-10-11-21-41(39)53(43(40)30-38)44-28-34(24-26-49-44)47(3,4)5/h7-30H,1-6H3/i7D,8D,9D,16D,17D. The molecular weight excluding hydrogens is 661 g/mol. The lowest BCUT2D eigenvalue weighted by molar-refractivity contribution is -0.581. The van der Waals surface area contributed by atoms with Crippen molar-refractivity contribution in [3.8, 4) is 28.7 Å². The van der Waals surface area contributed by atoms with E-state index in [1.807, 2.05) is 72.6 Å². The van der Waals surface area contributed by atoms with Crippen LogP contribution in [-0.2, 0) is 5.41 Å². The lowest BCUT2D eigenvalue weighted by atomic mass is 9.48. The first-order valence-corrected chi connectivity index (χ1v) is 18.1. The maximum absolute atomic E-state index is 8.99. The fourth-order valence-electron chi connectivity index (χ4n) is 7.74. The van der Waals surface area contributed by atoms with Crippen LogP contribution in [0.3, 0.4) is 0 Å². The molecule has 0 N–H and O–H groups in total. The maximum atomic E-state index is 8.99. The van der Waals surface area contributed by atoms with E-state index >= 15 is 0 Å². The molecule has 54 heavy (non-hydrogen) atoms. The Hall–Kier alpha value is -6.34. The summed E-state index contributed by atoms with van der Waals surface area (Å²) in [6.07, 6.45) is 9.29. The topological polar surface area (TPSA) is 39.1 Å². The van der Waals surface area contributed by atoms with E-state index in [1.54, 1.807) is 4.57 Å². The number of pyridine rings is 1. The maximum Gasteiger partial charge on any atom is 0.320 e. The molecule has 0 radical (unpaired) electrons. The molecule has 0 unspecified atom stereocenters. The van der Waals surface area contributed by atoms with Gasteiger partial charge in [0, 0.05) is 23.0 Å². The van der Waals surface area contributed by atoms with Crippen molar-refractivity contribution in [1.29, 1.82) is 0 Å². The van der Waals surface area contributed by atoms with Crippen LogP contribution < -0.4 is 20.4 Å². The van der Waals surface area contributed by atoms with Crippen molar-refractivity contribution in [3.63, 3.8) is 0 Å². The molecule has 3 aromatic heterocycles. The highest BCUT2D eigenvalue weighted by Gasteiger charge is 2.36. The van der Waals surface area contributed by atoms with Crippen molar-refractivity contribution in [2.24, 2.45) is 0 Å². The average molecular weight is 709 g/mol. The van der Waals surface area contributed by atoms with Crippen molar-refractivity contribution in [2.45, 2.75) is 40.0 Å². The van der Waals surface area contributed by atoms with Crippen LogP contribution in [0.2, 0.25) is 0 Å². The van der Waals surface area contributed by atoms with Crippen LogP contribution in [0.25, 0.3) is 45.1 Å². The zero-order chi connectivity index (χ0) is 41.5. The van der Waals surface area contributed by atoms with Crippen LogP contribution in [0.4, 0.5) is 0 Å². The number of rotatable bonds is 6. The van der Waals surface area contributed by atoms with Crippen molar-refractivity contribution < 1.29 is 16.2 Å². The third kappa shape index (κ3) is 5.68. The molecule has 7 heteroatoms. The molecule has 1 aliphatic heterocycles. The number of hydrogen-bond donors (Lipinski definition) is 0. The number of fused-ring (bicyclic) bond motifs is 4. The van der Waals surface area contributed by atoms with Gasteiger partial charge in [0.05, 0.1) is 40.5 Å². The lowest BCUT2D eigenvalue weighted by Gasteiger charge is -2.31. The first-order valence-electron chi connectivity index (χ1n) is 20.6. The van der Waals surface area contributed by atoms with Crippen molar-refractivity contribution in [3.05, 3.63) is 168 Å². The molecule has 0 bridgehead atoms. The molecule has 0 atom stereocenters. The minimum absolute atomic E-state index is 0.0320. The number of aryl methyl sites for hydroxylation is 2. The first-order chi connectivity index (χ1) is 28.2. The molecule has 0 aliphatic carbocycles. The summed E-state index contributed by atoms with van der Waals surface area (Å²) in [7, 11) is 1.99. The number of imidazole rings is 1. The number of para-hydroxylation sites is 2. The second-order valence-electron chi connectivity index (χ2n) is 15.0. The Morgan fingerprint density at radius 2 is 1.54 bits per heavy atom. The predicted molar refractivity (Wildman–Crippen MR) is 221 cm³/mol. The van der Waals surface area contributed by atoms with Crippen LogP contribution in [0, 0.1) is 20.2 Å². The molecule has 0 saturated carbocycles. The van der Waals surface area contributed by atoms with E-state index in [4.69, 9.17) is 16.6 Å². The lowest BCUT2D eigenvalue weighted by Crippen LogP contribution is -2.66. The zero-order valence-electron chi connectivity index (χ0n) is 36.2. The molecule has 5 aromatic carbocycles. The number of hydrogen-bond acceptors (Lipinski definition) is 3. The number of aromatic nitrogens is 4. The van der Waals surface area contributed by atoms with Gasteiger partial charge in [0.15, 0.2) is 0 Å². The molecule has 6 nitrogen and oxygen atoms in total. The van der Waals surface area contributed by atoms with Gasteiger partial charge in [-0.3, -0.25) is 13.7 Å². The van der Waals surface area contributed by atoms with Crippen LogP contribution >= 0.6 is 0 Å². The summed E-state index contributed by atoms with van der Waals surface area (Å²) in [5.74, 6) is 2.07. The van der Waals surface area contributed by atoms with Gasteiger partial charge in [-0.05, 0) is 105 Å². The van der Waals surface area contributed by atoms with Gasteiger partial charge in [-0.1, -0.05) is 98.0 Å². The van der Waals surface area contributed by atoms with Crippen LogP contribution in [0.5, 0.6) is 11.5 Å². The highest BCUT2D eigenvalue weighted by molar-refractivity contribution is 6.83. The summed E-state index contributed by atoms with van der Waals surface area (Å²) in [4.78, 5) is 6.92. The summed E-state index contributed by atoms with van der Waals surface area (Å²) in [6.45, 7) is 10.4. The van der Waals surface area contributed by atoms with E-state index in [0.717, 1.165) is 61.2 Å². The van der Waals surface area contributed by atoms with Gasteiger partial charge in [-0.2, -0.15) is 0 Å². The van der Waals surface area contributed by atoms with Crippen molar-refractivity contribution in [1.82, 2.24) is 18.9 Å². The molecule has 0 fully saturated rings. The van der Waals surface area contributed by atoms with Gasteiger partial charge in [0.2, 0.25) is 0 Å². The van der Waals surface area contributed by atoms with Crippen LogP contribution in [0.15, 0.2) is 140 Å². The summed E-state index contributed by atoms with van der Waals surface area (Å²) in [5.41, 5.74) is 8.62. The van der Waals surface area contributed by atoms with E-state index in [1.165, 1.54) is 5.56 Å². The third-order valence-electron chi connectivity index (χ3n) is 10.4. The van der Waals surface area contributed by atoms with E-state index in [2.05, 4.69) is 105 Å². The molecule has 0 spiro atoms.